The molecule has 0 amide bonds. The van der Waals surface area contributed by atoms with Gasteiger partial charge in [0.15, 0.2) is 5.79 Å². The molecule has 1 spiro atoms. The number of methoxy groups -OCH3 is 1. The Morgan fingerprint density at radius 3 is 2.79 bits per heavy atom. The summed E-state index contributed by atoms with van der Waals surface area (Å²) in [5.74, 6) is -0.773. The molecule has 1 aromatic rings. The van der Waals surface area contributed by atoms with Gasteiger partial charge in [-0.15, -0.1) is 0 Å². The first-order chi connectivity index (χ1) is 13.9. The molecule has 4 atom stereocenters. The Morgan fingerprint density at radius 2 is 2.10 bits per heavy atom. The first kappa shape index (κ1) is 19.1. The molecule has 5 rings (SSSR count). The van der Waals surface area contributed by atoms with Crippen LogP contribution in [0.2, 0.25) is 0 Å². The molecule has 29 heavy (non-hydrogen) atoms. The van der Waals surface area contributed by atoms with Crippen molar-refractivity contribution in [2.75, 3.05) is 25.6 Å². The number of fused-ring (bicyclic) bond motifs is 1. The Balaban J connectivity index is 1.70. The van der Waals surface area contributed by atoms with Crippen LogP contribution < -0.4 is 10.6 Å². The minimum Gasteiger partial charge on any atom is -0.466 e. The maximum absolute atomic E-state index is 12.9. The lowest BCUT2D eigenvalue weighted by molar-refractivity contribution is -0.178. The predicted octanol–water partition coefficient (Wildman–Crippen LogP) is 3.09. The van der Waals surface area contributed by atoms with Crippen molar-refractivity contribution in [3.63, 3.8) is 0 Å². The van der Waals surface area contributed by atoms with Crippen molar-refractivity contribution in [3.05, 3.63) is 41.1 Å². The Bertz CT molecular complexity index is 895. The van der Waals surface area contributed by atoms with Crippen molar-refractivity contribution >= 4 is 11.7 Å². The maximum atomic E-state index is 12.9. The monoisotopic (exact) mass is 398 g/mol. The van der Waals surface area contributed by atoms with Crippen LogP contribution in [-0.2, 0) is 24.4 Å². The van der Waals surface area contributed by atoms with Crippen molar-refractivity contribution in [1.29, 1.82) is 0 Å². The summed E-state index contributed by atoms with van der Waals surface area (Å²) in [5, 5.41) is 7.38. The third-order valence-corrected chi connectivity index (χ3v) is 7.48. The summed E-state index contributed by atoms with van der Waals surface area (Å²) in [6.07, 6.45) is 2.38. The SMILES string of the molecule is CC[C@]1([C@@H]2CC(C(=O)OC)=C3Nc4ccccc4[C@@]34CCN[C@@H]24)COC(C)(C)O1. The molecule has 0 unspecified atom stereocenters. The number of carbonyl (C=O) groups excluding carboxylic acids is 1. The van der Waals surface area contributed by atoms with Crippen LogP contribution in [0.3, 0.4) is 0 Å². The lowest BCUT2D eigenvalue weighted by Gasteiger charge is -2.48. The number of para-hydroxylation sites is 1. The Kier molecular flexibility index (Phi) is 4.15. The van der Waals surface area contributed by atoms with E-state index >= 15 is 0 Å². The molecule has 156 valence electrons. The molecule has 1 aliphatic carbocycles. The second-order valence-electron chi connectivity index (χ2n) is 9.19. The van der Waals surface area contributed by atoms with E-state index in [4.69, 9.17) is 14.2 Å². The Morgan fingerprint density at radius 1 is 1.31 bits per heavy atom. The van der Waals surface area contributed by atoms with Crippen LogP contribution in [0.1, 0.15) is 45.6 Å². The lowest BCUT2D eigenvalue weighted by atomic mass is 9.59. The van der Waals surface area contributed by atoms with Gasteiger partial charge in [0.2, 0.25) is 0 Å². The fourth-order valence-electron chi connectivity index (χ4n) is 6.23. The molecule has 6 heteroatoms. The summed E-state index contributed by atoms with van der Waals surface area (Å²) < 4.78 is 17.9. The van der Waals surface area contributed by atoms with Gasteiger partial charge in [0.1, 0.15) is 0 Å². The molecule has 0 saturated carbocycles. The number of carbonyl (C=O) groups is 1. The minimum atomic E-state index is -0.622. The number of hydrogen-bond donors (Lipinski definition) is 2. The van der Waals surface area contributed by atoms with Gasteiger partial charge in [-0.25, -0.2) is 4.79 Å². The second kappa shape index (κ2) is 6.30. The van der Waals surface area contributed by atoms with E-state index in [-0.39, 0.29) is 23.3 Å². The quantitative estimate of drug-likeness (QED) is 0.763. The molecule has 2 fully saturated rings. The van der Waals surface area contributed by atoms with Crippen molar-refractivity contribution < 1.29 is 19.0 Å². The van der Waals surface area contributed by atoms with E-state index in [0.29, 0.717) is 13.0 Å². The highest BCUT2D eigenvalue weighted by atomic mass is 16.8. The van der Waals surface area contributed by atoms with Crippen molar-refractivity contribution in [3.8, 4) is 0 Å². The number of hydrogen-bond acceptors (Lipinski definition) is 6. The molecule has 1 aromatic carbocycles. The van der Waals surface area contributed by atoms with Crippen LogP contribution in [0.25, 0.3) is 0 Å². The zero-order valence-electron chi connectivity index (χ0n) is 17.6. The highest BCUT2D eigenvalue weighted by Crippen LogP contribution is 2.59. The number of nitrogens with one attached hydrogen (secondary N) is 2. The van der Waals surface area contributed by atoms with Gasteiger partial charge in [-0.2, -0.15) is 0 Å². The summed E-state index contributed by atoms with van der Waals surface area (Å²) in [4.78, 5) is 12.9. The fraction of sp³-hybridized carbons (Fsp3) is 0.609. The molecule has 0 bridgehead atoms. The van der Waals surface area contributed by atoms with Crippen LogP contribution in [-0.4, -0.2) is 43.7 Å². The van der Waals surface area contributed by atoms with Crippen molar-refractivity contribution in [2.45, 2.75) is 62.9 Å². The first-order valence-electron chi connectivity index (χ1n) is 10.6. The third-order valence-electron chi connectivity index (χ3n) is 7.48. The van der Waals surface area contributed by atoms with Gasteiger partial charge in [0, 0.05) is 23.3 Å². The van der Waals surface area contributed by atoms with Gasteiger partial charge in [-0.05, 0) is 51.3 Å². The van der Waals surface area contributed by atoms with Crippen molar-refractivity contribution in [2.24, 2.45) is 5.92 Å². The van der Waals surface area contributed by atoms with Crippen molar-refractivity contribution in [1.82, 2.24) is 5.32 Å². The topological polar surface area (TPSA) is 68.8 Å². The summed E-state index contributed by atoms with van der Waals surface area (Å²) in [7, 11) is 1.46. The van der Waals surface area contributed by atoms with Gasteiger partial charge >= 0.3 is 5.97 Å². The van der Waals surface area contributed by atoms with E-state index in [1.165, 1.54) is 12.7 Å². The fourth-order valence-corrected chi connectivity index (χ4v) is 6.23. The van der Waals surface area contributed by atoms with E-state index in [0.717, 1.165) is 36.3 Å². The van der Waals surface area contributed by atoms with Crippen LogP contribution >= 0.6 is 0 Å². The third kappa shape index (κ3) is 2.49. The Hall–Kier alpha value is -1.89. The van der Waals surface area contributed by atoms with E-state index in [1.54, 1.807) is 0 Å². The number of anilines is 1. The van der Waals surface area contributed by atoms with Gasteiger partial charge in [-0.3, -0.25) is 0 Å². The molecular formula is C23H30N2O4. The summed E-state index contributed by atoms with van der Waals surface area (Å²) >= 11 is 0. The van der Waals surface area contributed by atoms with Crippen LogP contribution in [0.5, 0.6) is 0 Å². The zero-order chi connectivity index (χ0) is 20.4. The number of benzene rings is 1. The minimum absolute atomic E-state index is 0.0996. The highest BCUT2D eigenvalue weighted by molar-refractivity contribution is 5.93. The van der Waals surface area contributed by atoms with Gasteiger partial charge < -0.3 is 24.8 Å². The van der Waals surface area contributed by atoms with Gasteiger partial charge in [0.25, 0.3) is 0 Å². The molecule has 4 aliphatic rings. The number of esters is 1. The lowest BCUT2D eigenvalue weighted by Crippen LogP contribution is -2.59. The van der Waals surface area contributed by atoms with E-state index < -0.39 is 11.4 Å². The van der Waals surface area contributed by atoms with Crippen LogP contribution in [0, 0.1) is 5.92 Å². The largest absolute Gasteiger partial charge is 0.466 e. The maximum Gasteiger partial charge on any atom is 0.335 e. The van der Waals surface area contributed by atoms with Crippen LogP contribution in [0.15, 0.2) is 35.5 Å². The number of rotatable bonds is 3. The molecule has 6 nitrogen and oxygen atoms in total. The normalized spacial score (nSPS) is 37.0. The van der Waals surface area contributed by atoms with Crippen LogP contribution in [0.4, 0.5) is 5.69 Å². The molecule has 2 saturated heterocycles. The van der Waals surface area contributed by atoms with E-state index in [9.17, 15) is 4.79 Å². The highest BCUT2D eigenvalue weighted by Gasteiger charge is 2.64. The zero-order valence-corrected chi connectivity index (χ0v) is 17.6. The smallest absolute Gasteiger partial charge is 0.335 e. The standard InChI is InChI=1S/C23H30N2O4/c1-5-22(13-28-21(2,3)29-22)16-12-14(20(26)27-4)18-23(10-11-24-19(16)23)15-8-6-7-9-17(15)25-18/h6-9,16,19,24-25H,5,10-13H2,1-4H3/t16-,19+,22-,23+/m1/s1. The summed E-state index contributed by atoms with van der Waals surface area (Å²) in [5.41, 5.74) is 3.41. The molecule has 0 radical (unpaired) electrons. The summed E-state index contributed by atoms with van der Waals surface area (Å²) in [6.45, 7) is 7.54. The summed E-state index contributed by atoms with van der Waals surface area (Å²) in [6, 6.07) is 8.59. The first-order valence-corrected chi connectivity index (χ1v) is 10.6. The molecule has 3 aliphatic heterocycles. The average Bonchev–Trinajstić information content (AvgIpc) is 3.39. The van der Waals surface area contributed by atoms with E-state index in [2.05, 4.69) is 35.8 Å². The molecule has 0 aromatic heterocycles. The van der Waals surface area contributed by atoms with E-state index in [1.807, 2.05) is 19.9 Å². The predicted molar refractivity (Wildman–Crippen MR) is 109 cm³/mol. The van der Waals surface area contributed by atoms with Gasteiger partial charge in [0.05, 0.1) is 30.3 Å². The molecule has 3 heterocycles. The molecular weight excluding hydrogens is 368 g/mol. The molecule has 2 N–H and O–H groups in total. The van der Waals surface area contributed by atoms with Gasteiger partial charge in [-0.1, -0.05) is 25.1 Å². The Labute approximate surface area is 172 Å². The number of ether oxygens (including phenoxy) is 3. The average molecular weight is 399 g/mol. The second-order valence-corrected chi connectivity index (χ2v) is 9.19.